The lowest BCUT2D eigenvalue weighted by molar-refractivity contribution is 0.0950. The SMILES string of the molecule is CC(C)Oc1ccc(-c2cc(C(=O)N/N=C/c3ccc(N(C)C)cc3)[nH]n2)cc1. The fourth-order valence-corrected chi connectivity index (χ4v) is 2.65. The van der Waals surface area contributed by atoms with Crippen molar-refractivity contribution >= 4 is 17.8 Å². The highest BCUT2D eigenvalue weighted by Crippen LogP contribution is 2.22. The summed E-state index contributed by atoms with van der Waals surface area (Å²) in [5.74, 6) is 0.440. The maximum Gasteiger partial charge on any atom is 0.289 e. The predicted octanol–water partition coefficient (Wildman–Crippen LogP) is 3.69. The number of carbonyl (C=O) groups excluding carboxylic acids is 1. The quantitative estimate of drug-likeness (QED) is 0.475. The molecule has 1 heterocycles. The van der Waals surface area contributed by atoms with Crippen LogP contribution in [0.4, 0.5) is 5.69 Å². The number of aromatic amines is 1. The topological polar surface area (TPSA) is 82.6 Å². The van der Waals surface area contributed by atoms with Crippen molar-refractivity contribution in [2.75, 3.05) is 19.0 Å². The molecular formula is C22H25N5O2. The lowest BCUT2D eigenvalue weighted by Crippen LogP contribution is -2.18. The number of nitrogens with zero attached hydrogens (tertiary/aromatic N) is 3. The van der Waals surface area contributed by atoms with Gasteiger partial charge in [0, 0.05) is 25.3 Å². The van der Waals surface area contributed by atoms with E-state index < -0.39 is 0 Å². The average molecular weight is 391 g/mol. The van der Waals surface area contributed by atoms with Crippen molar-refractivity contribution in [3.8, 4) is 17.0 Å². The van der Waals surface area contributed by atoms with E-state index in [2.05, 4.69) is 20.7 Å². The molecule has 0 saturated carbocycles. The number of rotatable bonds is 7. The summed E-state index contributed by atoms with van der Waals surface area (Å²) in [4.78, 5) is 14.3. The molecule has 0 unspecified atom stereocenters. The Morgan fingerprint density at radius 2 is 1.83 bits per heavy atom. The molecule has 0 aliphatic carbocycles. The van der Waals surface area contributed by atoms with Gasteiger partial charge in [0.05, 0.1) is 18.0 Å². The normalized spacial score (nSPS) is 11.1. The summed E-state index contributed by atoms with van der Waals surface area (Å²) in [6, 6.07) is 17.1. The van der Waals surface area contributed by atoms with Gasteiger partial charge in [-0.3, -0.25) is 9.89 Å². The summed E-state index contributed by atoms with van der Waals surface area (Å²) in [6.07, 6.45) is 1.72. The van der Waals surface area contributed by atoms with Gasteiger partial charge in [-0.05, 0) is 61.9 Å². The smallest absolute Gasteiger partial charge is 0.289 e. The van der Waals surface area contributed by atoms with Gasteiger partial charge >= 0.3 is 0 Å². The lowest BCUT2D eigenvalue weighted by atomic mass is 10.1. The van der Waals surface area contributed by atoms with Gasteiger partial charge in [-0.1, -0.05) is 12.1 Å². The summed E-state index contributed by atoms with van der Waals surface area (Å²) in [7, 11) is 3.96. The third-order valence-electron chi connectivity index (χ3n) is 4.13. The van der Waals surface area contributed by atoms with Gasteiger partial charge in [0.2, 0.25) is 0 Å². The maximum absolute atomic E-state index is 12.3. The van der Waals surface area contributed by atoms with Crippen LogP contribution in [0.1, 0.15) is 29.9 Å². The monoisotopic (exact) mass is 391 g/mol. The minimum atomic E-state index is -0.357. The van der Waals surface area contributed by atoms with E-state index in [1.165, 1.54) is 0 Å². The minimum absolute atomic E-state index is 0.119. The number of aromatic nitrogens is 2. The maximum atomic E-state index is 12.3. The number of hydrazone groups is 1. The second-order valence-electron chi connectivity index (χ2n) is 7.04. The summed E-state index contributed by atoms with van der Waals surface area (Å²) in [6.45, 7) is 3.96. The molecular weight excluding hydrogens is 366 g/mol. The van der Waals surface area contributed by atoms with Crippen molar-refractivity contribution in [3.05, 3.63) is 65.9 Å². The fraction of sp³-hybridized carbons (Fsp3) is 0.227. The second kappa shape index (κ2) is 9.05. The highest BCUT2D eigenvalue weighted by atomic mass is 16.5. The Hall–Kier alpha value is -3.61. The number of hydrogen-bond acceptors (Lipinski definition) is 5. The molecule has 0 aliphatic rings. The molecule has 0 atom stereocenters. The number of ether oxygens (including phenoxy) is 1. The molecule has 2 N–H and O–H groups in total. The first kappa shape index (κ1) is 20.1. The van der Waals surface area contributed by atoms with Gasteiger partial charge in [-0.2, -0.15) is 10.2 Å². The van der Waals surface area contributed by atoms with E-state index in [0.29, 0.717) is 11.4 Å². The van der Waals surface area contributed by atoms with E-state index in [1.54, 1.807) is 12.3 Å². The summed E-state index contributed by atoms with van der Waals surface area (Å²) in [5, 5.41) is 11.0. The highest BCUT2D eigenvalue weighted by molar-refractivity contribution is 5.94. The molecule has 0 spiro atoms. The number of hydrogen-bond donors (Lipinski definition) is 2. The van der Waals surface area contributed by atoms with Crippen LogP contribution in [0.2, 0.25) is 0 Å². The van der Waals surface area contributed by atoms with Crippen LogP contribution in [0.15, 0.2) is 59.7 Å². The van der Waals surface area contributed by atoms with Gasteiger partial charge in [0.15, 0.2) is 0 Å². The number of benzene rings is 2. The van der Waals surface area contributed by atoms with Crippen LogP contribution >= 0.6 is 0 Å². The van der Waals surface area contributed by atoms with Crippen molar-refractivity contribution in [1.29, 1.82) is 0 Å². The Bertz CT molecular complexity index is 973. The molecule has 0 fully saturated rings. The van der Waals surface area contributed by atoms with Gasteiger partial charge < -0.3 is 9.64 Å². The summed E-state index contributed by atoms with van der Waals surface area (Å²) in [5.41, 5.74) is 6.40. The molecule has 7 nitrogen and oxygen atoms in total. The molecule has 1 amide bonds. The predicted molar refractivity (Wildman–Crippen MR) is 116 cm³/mol. The molecule has 2 aromatic carbocycles. The molecule has 0 saturated heterocycles. The standard InChI is InChI=1S/C22H25N5O2/c1-15(2)29-19-11-7-17(8-12-19)20-13-21(25-24-20)22(28)26-23-14-16-5-9-18(10-6-16)27(3)4/h5-15H,1-4H3,(H,24,25)(H,26,28)/b23-14+. The summed E-state index contributed by atoms with van der Waals surface area (Å²) < 4.78 is 5.64. The third kappa shape index (κ3) is 5.44. The van der Waals surface area contributed by atoms with Gasteiger partial charge in [-0.15, -0.1) is 0 Å². The van der Waals surface area contributed by atoms with E-state index in [-0.39, 0.29) is 12.0 Å². The Labute approximate surface area is 170 Å². The highest BCUT2D eigenvalue weighted by Gasteiger charge is 2.10. The van der Waals surface area contributed by atoms with Crippen LogP contribution in [0.5, 0.6) is 5.75 Å². The Morgan fingerprint density at radius 1 is 1.14 bits per heavy atom. The van der Waals surface area contributed by atoms with E-state index in [9.17, 15) is 4.79 Å². The zero-order valence-corrected chi connectivity index (χ0v) is 17.0. The van der Waals surface area contributed by atoms with Crippen LogP contribution < -0.4 is 15.1 Å². The number of anilines is 1. The van der Waals surface area contributed by atoms with Crippen LogP contribution in [0.3, 0.4) is 0 Å². The largest absolute Gasteiger partial charge is 0.491 e. The molecule has 3 rings (SSSR count). The van der Waals surface area contributed by atoms with Crippen LogP contribution in [0, 0.1) is 0 Å². The molecule has 3 aromatic rings. The van der Waals surface area contributed by atoms with Gasteiger partial charge in [0.25, 0.3) is 5.91 Å². The molecule has 0 aliphatic heterocycles. The Morgan fingerprint density at radius 3 is 2.45 bits per heavy atom. The second-order valence-corrected chi connectivity index (χ2v) is 7.04. The van der Waals surface area contributed by atoms with Crippen molar-refractivity contribution in [1.82, 2.24) is 15.6 Å². The number of carbonyl (C=O) groups is 1. The summed E-state index contributed by atoms with van der Waals surface area (Å²) >= 11 is 0. The average Bonchev–Trinajstić information content (AvgIpc) is 3.19. The zero-order valence-electron chi connectivity index (χ0n) is 17.0. The molecule has 29 heavy (non-hydrogen) atoms. The van der Waals surface area contributed by atoms with Crippen molar-refractivity contribution < 1.29 is 9.53 Å². The van der Waals surface area contributed by atoms with Crippen LogP contribution in [-0.2, 0) is 0 Å². The molecule has 7 heteroatoms. The molecule has 150 valence electrons. The van der Waals surface area contributed by atoms with Gasteiger partial charge in [-0.25, -0.2) is 5.43 Å². The van der Waals surface area contributed by atoms with E-state index in [4.69, 9.17) is 4.74 Å². The Balaban J connectivity index is 1.60. The van der Waals surface area contributed by atoms with Crippen molar-refractivity contribution in [2.45, 2.75) is 20.0 Å². The van der Waals surface area contributed by atoms with E-state index in [0.717, 1.165) is 22.6 Å². The van der Waals surface area contributed by atoms with Crippen molar-refractivity contribution in [2.24, 2.45) is 5.10 Å². The molecule has 1 aromatic heterocycles. The van der Waals surface area contributed by atoms with Crippen molar-refractivity contribution in [3.63, 3.8) is 0 Å². The lowest BCUT2D eigenvalue weighted by Gasteiger charge is -2.11. The first-order valence-electron chi connectivity index (χ1n) is 9.35. The zero-order chi connectivity index (χ0) is 20.8. The van der Waals surface area contributed by atoms with Crippen LogP contribution in [0.25, 0.3) is 11.3 Å². The molecule has 0 bridgehead atoms. The van der Waals surface area contributed by atoms with E-state index >= 15 is 0 Å². The Kier molecular flexibility index (Phi) is 6.29. The first-order valence-corrected chi connectivity index (χ1v) is 9.35. The first-order chi connectivity index (χ1) is 13.9. The number of nitrogens with one attached hydrogen (secondary N) is 2. The fourth-order valence-electron chi connectivity index (χ4n) is 2.65. The third-order valence-corrected chi connectivity index (χ3v) is 4.13. The molecule has 0 radical (unpaired) electrons. The number of amides is 1. The minimum Gasteiger partial charge on any atom is -0.491 e. The van der Waals surface area contributed by atoms with E-state index in [1.807, 2.05) is 81.4 Å². The number of H-pyrrole nitrogens is 1. The van der Waals surface area contributed by atoms with Crippen LogP contribution in [-0.4, -0.2) is 42.5 Å². The van der Waals surface area contributed by atoms with Gasteiger partial charge in [0.1, 0.15) is 11.4 Å².